The van der Waals surface area contributed by atoms with Crippen molar-refractivity contribution in [1.82, 2.24) is 19.2 Å². The summed E-state index contributed by atoms with van der Waals surface area (Å²) in [4.78, 5) is 33.6. The van der Waals surface area contributed by atoms with Crippen LogP contribution in [-0.2, 0) is 14.6 Å². The van der Waals surface area contributed by atoms with Gasteiger partial charge in [-0.25, -0.2) is 13.4 Å². The maximum Gasteiger partial charge on any atom is 0.272 e. The van der Waals surface area contributed by atoms with Crippen LogP contribution in [0.15, 0.2) is 24.4 Å². The number of fused-ring (bicyclic) bond motifs is 1. The number of rotatable bonds is 4. The fourth-order valence-electron chi connectivity index (χ4n) is 4.60. The summed E-state index contributed by atoms with van der Waals surface area (Å²) in [6, 6.07) is 5.72. The zero-order chi connectivity index (χ0) is 20.8. The molecule has 0 aromatic carbocycles. The predicted molar refractivity (Wildman–Crippen MR) is 108 cm³/mol. The minimum atomic E-state index is -3.09. The highest BCUT2D eigenvalue weighted by Crippen LogP contribution is 2.27. The molecule has 2 aliphatic heterocycles. The van der Waals surface area contributed by atoms with E-state index in [1.54, 1.807) is 0 Å². The molecule has 4 heterocycles. The Hall–Kier alpha value is -2.42. The number of hydrogen-bond acceptors (Lipinski definition) is 5. The molecule has 2 amide bonds. The van der Waals surface area contributed by atoms with Gasteiger partial charge in [-0.2, -0.15) is 0 Å². The van der Waals surface area contributed by atoms with Gasteiger partial charge in [0.05, 0.1) is 11.4 Å². The predicted octanol–water partition coefficient (Wildman–Crippen LogP) is 1.14. The van der Waals surface area contributed by atoms with Crippen LogP contribution in [0.3, 0.4) is 0 Å². The van der Waals surface area contributed by atoms with E-state index in [0.717, 1.165) is 5.65 Å². The zero-order valence-corrected chi connectivity index (χ0v) is 17.6. The fraction of sp³-hybridized carbons (Fsp3) is 0.550. The highest BCUT2D eigenvalue weighted by Gasteiger charge is 2.38. The van der Waals surface area contributed by atoms with Crippen LogP contribution in [0.25, 0.3) is 5.65 Å². The number of aryl methyl sites for hydroxylation is 1. The molecule has 0 aliphatic carbocycles. The molecular formula is C20H26N4O4S. The van der Waals surface area contributed by atoms with Crippen LogP contribution in [-0.4, -0.2) is 77.1 Å². The topological polar surface area (TPSA) is 92.1 Å². The smallest absolute Gasteiger partial charge is 0.272 e. The Bertz CT molecular complexity index is 1050. The lowest BCUT2D eigenvalue weighted by Crippen LogP contribution is -2.47. The third kappa shape index (κ3) is 4.01. The summed E-state index contributed by atoms with van der Waals surface area (Å²) < 4.78 is 24.9. The fourth-order valence-corrected chi connectivity index (χ4v) is 5.68. The van der Waals surface area contributed by atoms with Crippen molar-refractivity contribution >= 4 is 27.3 Å². The van der Waals surface area contributed by atoms with Crippen LogP contribution < -0.4 is 0 Å². The lowest BCUT2D eigenvalue weighted by molar-refractivity contribution is -0.130. The Kier molecular flexibility index (Phi) is 5.10. The van der Waals surface area contributed by atoms with Crippen LogP contribution in [0.5, 0.6) is 0 Å². The first-order valence-corrected chi connectivity index (χ1v) is 12.0. The molecule has 2 fully saturated rings. The average molecular weight is 419 g/mol. The number of hydrogen-bond donors (Lipinski definition) is 0. The molecule has 0 radical (unpaired) electrons. The number of carbonyl (C=O) groups is 2. The molecule has 9 heteroatoms. The molecule has 0 bridgehead atoms. The standard InChI is InChI=1S/C20H26N4O4S/c1-14-19(23-8-4-3-5-17(23)21-14)20(26)22-9-6-16(7-10-22)24-12-15(11-18(24)25)13-29(2,27)28/h3-5,8,15-16H,6-7,9-13H2,1-2H3. The zero-order valence-electron chi connectivity index (χ0n) is 16.7. The second-order valence-corrected chi connectivity index (χ2v) is 10.4. The third-order valence-electron chi connectivity index (χ3n) is 5.88. The van der Waals surface area contributed by atoms with Crippen LogP contribution in [0, 0.1) is 12.8 Å². The molecule has 1 unspecified atom stereocenters. The molecule has 2 saturated heterocycles. The summed E-state index contributed by atoms with van der Waals surface area (Å²) in [5.74, 6) is -0.0819. The first kappa shape index (κ1) is 19.9. The first-order valence-electron chi connectivity index (χ1n) is 9.93. The van der Waals surface area contributed by atoms with Gasteiger partial charge in [-0.1, -0.05) is 6.07 Å². The Morgan fingerprint density at radius 1 is 1.24 bits per heavy atom. The largest absolute Gasteiger partial charge is 0.339 e. The van der Waals surface area contributed by atoms with Gasteiger partial charge in [0.2, 0.25) is 5.91 Å². The Morgan fingerprint density at radius 3 is 2.66 bits per heavy atom. The average Bonchev–Trinajstić information content (AvgIpc) is 3.18. The lowest BCUT2D eigenvalue weighted by atomic mass is 10.0. The van der Waals surface area contributed by atoms with E-state index >= 15 is 0 Å². The van der Waals surface area contributed by atoms with Crippen molar-refractivity contribution in [2.75, 3.05) is 31.6 Å². The van der Waals surface area contributed by atoms with Crippen molar-refractivity contribution in [3.05, 3.63) is 35.8 Å². The Labute approximate surface area is 170 Å². The van der Waals surface area contributed by atoms with Gasteiger partial charge in [0.25, 0.3) is 5.91 Å². The van der Waals surface area contributed by atoms with Crippen molar-refractivity contribution in [1.29, 1.82) is 0 Å². The number of pyridine rings is 1. The van der Waals surface area contributed by atoms with E-state index < -0.39 is 9.84 Å². The quantitative estimate of drug-likeness (QED) is 0.743. The third-order valence-corrected chi connectivity index (χ3v) is 6.95. The molecule has 0 saturated carbocycles. The van der Waals surface area contributed by atoms with Crippen molar-refractivity contribution in [3.8, 4) is 0 Å². The Balaban J connectivity index is 1.41. The van der Waals surface area contributed by atoms with Crippen molar-refractivity contribution in [2.24, 2.45) is 5.92 Å². The number of sulfone groups is 1. The molecule has 0 N–H and O–H groups in total. The van der Waals surface area contributed by atoms with Gasteiger partial charge >= 0.3 is 0 Å². The minimum absolute atomic E-state index is 0.0288. The monoisotopic (exact) mass is 418 g/mol. The normalized spacial score (nSPS) is 21.3. The molecule has 4 rings (SSSR count). The summed E-state index contributed by atoms with van der Waals surface area (Å²) >= 11 is 0. The summed E-state index contributed by atoms with van der Waals surface area (Å²) in [5.41, 5.74) is 2.05. The van der Waals surface area contributed by atoms with Gasteiger partial charge in [0.15, 0.2) is 0 Å². The maximum absolute atomic E-state index is 13.1. The van der Waals surface area contributed by atoms with Gasteiger partial charge in [-0.15, -0.1) is 0 Å². The van der Waals surface area contributed by atoms with E-state index in [2.05, 4.69) is 4.98 Å². The molecule has 29 heavy (non-hydrogen) atoms. The van der Waals surface area contributed by atoms with Crippen LogP contribution in [0.1, 0.15) is 35.4 Å². The molecule has 8 nitrogen and oxygen atoms in total. The lowest BCUT2D eigenvalue weighted by Gasteiger charge is -2.37. The number of nitrogens with zero attached hydrogens (tertiary/aromatic N) is 4. The van der Waals surface area contributed by atoms with E-state index in [0.29, 0.717) is 50.3 Å². The molecule has 2 aliphatic rings. The molecule has 2 aromatic heterocycles. The van der Waals surface area contributed by atoms with Crippen LogP contribution >= 0.6 is 0 Å². The van der Waals surface area contributed by atoms with E-state index in [1.807, 2.05) is 45.5 Å². The van der Waals surface area contributed by atoms with Gasteiger partial charge in [-0.05, 0) is 37.8 Å². The molecule has 0 spiro atoms. The van der Waals surface area contributed by atoms with Gasteiger partial charge in [0, 0.05) is 44.5 Å². The second kappa shape index (κ2) is 7.44. The molecule has 156 valence electrons. The number of aromatic nitrogens is 2. The second-order valence-electron chi connectivity index (χ2n) is 8.21. The van der Waals surface area contributed by atoms with Crippen molar-refractivity contribution in [2.45, 2.75) is 32.2 Å². The number of likely N-dealkylation sites (tertiary alicyclic amines) is 2. The highest BCUT2D eigenvalue weighted by atomic mass is 32.2. The summed E-state index contributed by atoms with van der Waals surface area (Å²) in [5, 5.41) is 0. The number of imidazole rings is 1. The minimum Gasteiger partial charge on any atom is -0.339 e. The van der Waals surface area contributed by atoms with E-state index in [-0.39, 0.29) is 29.5 Å². The van der Waals surface area contributed by atoms with E-state index in [4.69, 9.17) is 0 Å². The van der Waals surface area contributed by atoms with Gasteiger partial charge < -0.3 is 9.80 Å². The molecule has 1 atom stereocenters. The molecule has 2 aromatic rings. The van der Waals surface area contributed by atoms with Gasteiger partial charge in [0.1, 0.15) is 21.2 Å². The van der Waals surface area contributed by atoms with Crippen LogP contribution in [0.2, 0.25) is 0 Å². The first-order chi connectivity index (χ1) is 13.7. The summed E-state index contributed by atoms with van der Waals surface area (Å²) in [6.07, 6.45) is 4.78. The Morgan fingerprint density at radius 2 is 1.97 bits per heavy atom. The summed E-state index contributed by atoms with van der Waals surface area (Å²) in [6.45, 7) is 3.49. The van der Waals surface area contributed by atoms with Crippen molar-refractivity contribution < 1.29 is 18.0 Å². The SMILES string of the molecule is Cc1nc2ccccn2c1C(=O)N1CCC(N2CC(CS(C)(=O)=O)CC2=O)CC1. The van der Waals surface area contributed by atoms with Gasteiger partial charge in [-0.3, -0.25) is 14.0 Å². The van der Waals surface area contributed by atoms with E-state index in [1.165, 1.54) is 6.26 Å². The number of amides is 2. The van der Waals surface area contributed by atoms with E-state index in [9.17, 15) is 18.0 Å². The van der Waals surface area contributed by atoms with Crippen LogP contribution in [0.4, 0.5) is 0 Å². The number of carbonyl (C=O) groups excluding carboxylic acids is 2. The maximum atomic E-state index is 13.1. The van der Waals surface area contributed by atoms with Crippen molar-refractivity contribution in [3.63, 3.8) is 0 Å². The number of piperidine rings is 1. The summed E-state index contributed by atoms with van der Waals surface area (Å²) in [7, 11) is -3.09. The highest BCUT2D eigenvalue weighted by molar-refractivity contribution is 7.90. The molecular weight excluding hydrogens is 392 g/mol.